The van der Waals surface area contributed by atoms with Gasteiger partial charge in [0.25, 0.3) is 5.91 Å². The van der Waals surface area contributed by atoms with Crippen molar-refractivity contribution in [3.8, 4) is 0 Å². The number of benzene rings is 1. The monoisotopic (exact) mass is 339 g/mol. The summed E-state index contributed by atoms with van der Waals surface area (Å²) < 4.78 is 14.8. The summed E-state index contributed by atoms with van der Waals surface area (Å²) in [6, 6.07) is 2.34. The van der Waals surface area contributed by atoms with Gasteiger partial charge in [-0.1, -0.05) is 6.92 Å². The third-order valence-corrected chi connectivity index (χ3v) is 3.93. The van der Waals surface area contributed by atoms with Gasteiger partial charge >= 0.3 is 5.97 Å². The van der Waals surface area contributed by atoms with Crippen LogP contribution in [-0.2, 0) is 4.79 Å². The van der Waals surface area contributed by atoms with Crippen LogP contribution in [0.25, 0.3) is 0 Å². The Labute approximate surface area is 138 Å². The first-order chi connectivity index (χ1) is 11.3. The lowest BCUT2D eigenvalue weighted by molar-refractivity contribution is -0.537. The van der Waals surface area contributed by atoms with Gasteiger partial charge in [0.05, 0.1) is 0 Å². The molecule has 24 heavy (non-hydrogen) atoms. The maximum Gasteiger partial charge on any atom is 0.322 e. The summed E-state index contributed by atoms with van der Waals surface area (Å²) >= 11 is 0. The number of nitroso groups, excluding NO2 is 1. The number of aliphatic carboxylic acids is 1. The molecule has 2 rings (SSSR count). The molecule has 1 saturated heterocycles. The molecule has 0 bridgehead atoms. The van der Waals surface area contributed by atoms with Crippen LogP contribution in [-0.4, -0.2) is 59.0 Å². The maximum atomic E-state index is 13.9. The lowest BCUT2D eigenvalue weighted by Gasteiger charge is -2.18. The number of hydrogen-bond donors (Lipinski definition) is 3. The molecule has 1 aliphatic heterocycles. The SMILES string of the molecule is CCN1C[N+](=O)CC1c1cc(F)cc(C(=O)NC[C@@H](N)C(=O)O)c1. The average molecular weight is 339 g/mol. The van der Waals surface area contributed by atoms with Gasteiger partial charge in [-0.05, 0) is 23.8 Å². The van der Waals surface area contributed by atoms with Crippen molar-refractivity contribution in [2.45, 2.75) is 19.0 Å². The van der Waals surface area contributed by atoms with Gasteiger partial charge in [-0.2, -0.15) is 0 Å². The number of carbonyl (C=O) groups is 2. The summed E-state index contributed by atoms with van der Waals surface area (Å²) in [5, 5.41) is 11.1. The lowest BCUT2D eigenvalue weighted by Crippen LogP contribution is -2.42. The van der Waals surface area contributed by atoms with Crippen LogP contribution >= 0.6 is 0 Å². The molecule has 1 heterocycles. The van der Waals surface area contributed by atoms with E-state index in [1.807, 2.05) is 11.8 Å². The summed E-state index contributed by atoms with van der Waals surface area (Å²) in [5.41, 5.74) is 5.91. The Morgan fingerprint density at radius 1 is 1.50 bits per heavy atom. The van der Waals surface area contributed by atoms with Crippen LogP contribution in [0.3, 0.4) is 0 Å². The molecular weight excluding hydrogens is 319 g/mol. The minimum Gasteiger partial charge on any atom is -0.480 e. The Bertz CT molecular complexity index is 667. The van der Waals surface area contributed by atoms with Gasteiger partial charge < -0.3 is 16.2 Å². The largest absolute Gasteiger partial charge is 0.480 e. The summed E-state index contributed by atoms with van der Waals surface area (Å²) in [6.07, 6.45) is 0. The molecule has 1 fully saturated rings. The Balaban J connectivity index is 2.17. The van der Waals surface area contributed by atoms with E-state index in [9.17, 15) is 18.9 Å². The fourth-order valence-electron chi connectivity index (χ4n) is 2.63. The van der Waals surface area contributed by atoms with Gasteiger partial charge in [0.15, 0.2) is 0 Å². The predicted molar refractivity (Wildman–Crippen MR) is 82.8 cm³/mol. The number of carbonyl (C=O) groups excluding carboxylic acids is 1. The molecule has 1 aromatic rings. The minimum absolute atomic E-state index is 0.0583. The fraction of sp³-hybridized carbons (Fsp3) is 0.467. The van der Waals surface area contributed by atoms with Crippen molar-refractivity contribution in [1.29, 1.82) is 0 Å². The Kier molecular flexibility index (Phi) is 5.58. The molecular formula is C15H20FN4O4+. The third-order valence-electron chi connectivity index (χ3n) is 3.93. The summed E-state index contributed by atoms with van der Waals surface area (Å²) in [7, 11) is 0. The molecule has 9 heteroatoms. The van der Waals surface area contributed by atoms with Crippen LogP contribution in [0.5, 0.6) is 0 Å². The maximum absolute atomic E-state index is 13.9. The number of hydrogen-bond acceptors (Lipinski definition) is 5. The number of likely N-dealkylation sites (N-methyl/N-ethyl adjacent to an activating group) is 1. The highest BCUT2D eigenvalue weighted by Gasteiger charge is 2.37. The van der Waals surface area contributed by atoms with Gasteiger partial charge in [-0.3, -0.25) is 9.59 Å². The molecule has 0 aromatic heterocycles. The first kappa shape index (κ1) is 18.0. The van der Waals surface area contributed by atoms with E-state index in [-0.39, 0.29) is 31.4 Å². The van der Waals surface area contributed by atoms with Crippen molar-refractivity contribution in [3.63, 3.8) is 0 Å². The van der Waals surface area contributed by atoms with Crippen molar-refractivity contribution < 1.29 is 23.8 Å². The zero-order chi connectivity index (χ0) is 17.9. The first-order valence-corrected chi connectivity index (χ1v) is 7.55. The molecule has 1 unspecified atom stereocenters. The van der Waals surface area contributed by atoms with E-state index in [1.54, 1.807) is 0 Å². The Morgan fingerprint density at radius 3 is 2.83 bits per heavy atom. The number of nitrogens with zero attached hydrogens (tertiary/aromatic N) is 2. The molecule has 8 nitrogen and oxygen atoms in total. The number of carboxylic acid groups (broad SMARTS) is 1. The Morgan fingerprint density at radius 2 is 2.21 bits per heavy atom. The average Bonchev–Trinajstić information content (AvgIpc) is 2.92. The van der Waals surface area contributed by atoms with Gasteiger partial charge in [-0.25, -0.2) is 9.29 Å². The molecule has 1 amide bonds. The van der Waals surface area contributed by atoms with E-state index in [0.717, 1.165) is 10.8 Å². The van der Waals surface area contributed by atoms with Crippen molar-refractivity contribution in [2.75, 3.05) is 26.3 Å². The van der Waals surface area contributed by atoms with Crippen LogP contribution in [0.1, 0.15) is 28.9 Å². The number of rotatable bonds is 6. The molecule has 0 spiro atoms. The van der Waals surface area contributed by atoms with Crippen molar-refractivity contribution in [1.82, 2.24) is 10.2 Å². The van der Waals surface area contributed by atoms with Crippen molar-refractivity contribution in [3.05, 3.63) is 40.1 Å². The topological polar surface area (TPSA) is 116 Å². The van der Waals surface area contributed by atoms with E-state index >= 15 is 0 Å². The molecule has 0 aliphatic carbocycles. The van der Waals surface area contributed by atoms with E-state index in [4.69, 9.17) is 10.8 Å². The fourth-order valence-corrected chi connectivity index (χ4v) is 2.63. The van der Waals surface area contributed by atoms with Crippen LogP contribution in [0, 0.1) is 10.7 Å². The van der Waals surface area contributed by atoms with Crippen molar-refractivity contribution in [2.24, 2.45) is 5.73 Å². The second kappa shape index (κ2) is 7.45. The van der Waals surface area contributed by atoms with Gasteiger partial charge in [0.2, 0.25) is 13.2 Å². The highest BCUT2D eigenvalue weighted by molar-refractivity contribution is 5.94. The summed E-state index contributed by atoms with van der Waals surface area (Å²) in [4.78, 5) is 36.2. The quantitative estimate of drug-likeness (QED) is 0.632. The zero-order valence-corrected chi connectivity index (χ0v) is 13.2. The van der Waals surface area contributed by atoms with Crippen LogP contribution < -0.4 is 11.1 Å². The van der Waals surface area contributed by atoms with E-state index in [2.05, 4.69) is 5.32 Å². The first-order valence-electron chi connectivity index (χ1n) is 7.55. The highest BCUT2D eigenvalue weighted by Crippen LogP contribution is 2.27. The highest BCUT2D eigenvalue weighted by atomic mass is 19.1. The van der Waals surface area contributed by atoms with E-state index < -0.39 is 23.7 Å². The van der Waals surface area contributed by atoms with E-state index in [0.29, 0.717) is 12.1 Å². The molecule has 130 valence electrons. The molecule has 4 N–H and O–H groups in total. The van der Waals surface area contributed by atoms with Gasteiger partial charge in [0, 0.05) is 28.3 Å². The van der Waals surface area contributed by atoms with Crippen LogP contribution in [0.4, 0.5) is 4.39 Å². The van der Waals surface area contributed by atoms with Gasteiger partial charge in [0.1, 0.15) is 17.9 Å². The number of nitrogens with one attached hydrogen (secondary N) is 1. The van der Waals surface area contributed by atoms with Crippen LogP contribution in [0.15, 0.2) is 18.2 Å². The summed E-state index contributed by atoms with van der Waals surface area (Å²) in [5.74, 6) is -2.46. The molecule has 1 aliphatic rings. The van der Waals surface area contributed by atoms with Gasteiger partial charge in [-0.15, -0.1) is 0 Å². The number of halogens is 1. The Hall–Kier alpha value is -2.39. The van der Waals surface area contributed by atoms with Crippen molar-refractivity contribution >= 4 is 11.9 Å². The summed E-state index contributed by atoms with van der Waals surface area (Å²) in [6.45, 7) is 2.68. The molecule has 0 saturated carbocycles. The second-order valence-corrected chi connectivity index (χ2v) is 5.65. The lowest BCUT2D eigenvalue weighted by atomic mass is 10.0. The number of nitrogens with two attached hydrogens (primary N) is 1. The predicted octanol–water partition coefficient (Wildman–Crippen LogP) is 0.0804. The number of amides is 1. The zero-order valence-electron chi connectivity index (χ0n) is 13.2. The molecule has 2 atom stereocenters. The smallest absolute Gasteiger partial charge is 0.322 e. The molecule has 0 radical (unpaired) electrons. The third kappa shape index (κ3) is 4.12. The van der Waals surface area contributed by atoms with E-state index in [1.165, 1.54) is 12.1 Å². The minimum atomic E-state index is -1.24. The second-order valence-electron chi connectivity index (χ2n) is 5.65. The molecule has 1 aromatic carbocycles. The number of carboxylic acids is 1. The van der Waals surface area contributed by atoms with Crippen LogP contribution in [0.2, 0.25) is 0 Å². The standard InChI is InChI=1S/C15H19FN4O4/c1-2-19-8-20(24)7-13(19)9-3-10(5-11(16)4-9)14(21)18-6-12(17)15(22)23/h3-5,12-13H,2,6-8,17H2,1H3,(H-,18,21,22,23)/p+1/t12-,13?/m1/s1. The normalized spacial score (nSPS) is 19.3.